The average Bonchev–Trinajstić information content (AvgIpc) is 3.45. The smallest absolute Gasteiger partial charge is 0.282 e. The minimum Gasteiger partial charge on any atom is -0.282 e. The maximum absolute atomic E-state index is 12.5. The molecule has 2 rings (SSSR count). The van der Waals surface area contributed by atoms with E-state index in [0.29, 0.717) is 0 Å². The third-order valence-corrected chi connectivity index (χ3v) is 19.1. The first kappa shape index (κ1) is 76.3. The molecule has 80 heavy (non-hydrogen) atoms. The van der Waals surface area contributed by atoms with Crippen LogP contribution in [0.4, 0.5) is 0 Å². The van der Waals surface area contributed by atoms with Crippen molar-refractivity contribution in [1.82, 2.24) is 0 Å². The van der Waals surface area contributed by atoms with Crippen molar-refractivity contribution in [3.05, 3.63) is 58.1 Å². The number of benzene rings is 2. The lowest BCUT2D eigenvalue weighted by molar-refractivity contribution is 0.479. The fourth-order valence-corrected chi connectivity index (χ4v) is 13.7. The Kier molecular flexibility index (Phi) is 51.4. The highest BCUT2D eigenvalue weighted by molar-refractivity contribution is 7.86. The molecule has 468 valence electrons. The van der Waals surface area contributed by atoms with Crippen LogP contribution in [-0.4, -0.2) is 25.9 Å². The zero-order valence-electron chi connectivity index (χ0n) is 53.6. The van der Waals surface area contributed by atoms with Gasteiger partial charge in [0.1, 0.15) is 0 Å². The average molecular weight is 1160 g/mol. The highest BCUT2D eigenvalue weighted by Gasteiger charge is 2.21. The van der Waals surface area contributed by atoms with Crippen molar-refractivity contribution in [2.24, 2.45) is 0 Å². The minimum absolute atomic E-state index is 0.132. The molecule has 2 aromatic carbocycles. The van der Waals surface area contributed by atoms with Gasteiger partial charge in [-0.05, 0) is 104 Å². The van der Waals surface area contributed by atoms with Gasteiger partial charge in [0.05, 0.1) is 9.79 Å². The van der Waals surface area contributed by atoms with Gasteiger partial charge < -0.3 is 0 Å². The molecule has 2 aromatic rings. The Morgan fingerprint density at radius 3 is 0.725 bits per heavy atom. The molecule has 0 spiro atoms. The van der Waals surface area contributed by atoms with Crippen LogP contribution in [-0.2, 0) is 52.3 Å². The molecule has 0 radical (unpaired) electrons. The molecule has 0 heterocycles. The van der Waals surface area contributed by atoms with Crippen molar-refractivity contribution in [2.75, 3.05) is 0 Å². The predicted octanol–water partition coefficient (Wildman–Crippen LogP) is 24.2. The van der Waals surface area contributed by atoms with Gasteiger partial charge in [0.25, 0.3) is 20.2 Å². The quantitative estimate of drug-likeness (QED) is 0.0505. The van der Waals surface area contributed by atoms with Gasteiger partial charge in [0.2, 0.25) is 0 Å². The molecular weight excluding hydrogens is 1020 g/mol. The third kappa shape index (κ3) is 42.1. The molecule has 0 saturated heterocycles. The van der Waals surface area contributed by atoms with E-state index < -0.39 is 20.2 Å². The number of rotatable bonds is 57. The Morgan fingerprint density at radius 1 is 0.237 bits per heavy atom. The Morgan fingerprint density at radius 2 is 0.450 bits per heavy atom. The van der Waals surface area contributed by atoms with Gasteiger partial charge in [-0.2, -0.15) is 16.8 Å². The first-order chi connectivity index (χ1) is 39.0. The second kappa shape index (κ2) is 53.9. The summed E-state index contributed by atoms with van der Waals surface area (Å²) in [4.78, 5) is 0.310. The maximum atomic E-state index is 12.5. The summed E-state index contributed by atoms with van der Waals surface area (Å²) in [6.07, 6.45) is 69.0. The van der Waals surface area contributed by atoms with Crippen LogP contribution in [0.5, 0.6) is 0 Å². The summed E-state index contributed by atoms with van der Waals surface area (Å²) in [5.41, 5.74) is 5.50. The first-order valence-electron chi connectivity index (χ1n) is 35.1. The number of hydrogen-bond acceptors (Lipinski definition) is 4. The molecule has 0 unspecified atom stereocenters. The van der Waals surface area contributed by atoms with E-state index in [2.05, 4.69) is 40.7 Å². The van der Waals surface area contributed by atoms with Crippen LogP contribution in [0.15, 0.2) is 40.1 Å². The van der Waals surface area contributed by atoms with Crippen LogP contribution in [0.2, 0.25) is 0 Å². The van der Waals surface area contributed by atoms with Gasteiger partial charge >= 0.3 is 0 Å². The summed E-state index contributed by atoms with van der Waals surface area (Å²) in [5.74, 6) is 0. The molecule has 0 fully saturated rings. The number of aryl methyl sites for hydroxylation is 2. The van der Waals surface area contributed by atoms with E-state index in [0.717, 1.165) is 87.3 Å². The van der Waals surface area contributed by atoms with E-state index >= 15 is 0 Å². The largest absolute Gasteiger partial charge is 0.294 e. The summed E-state index contributed by atoms with van der Waals surface area (Å²) < 4.78 is 69.1. The maximum Gasteiger partial charge on any atom is 0.294 e. The normalized spacial score (nSPS) is 11.9. The highest BCUT2D eigenvalue weighted by Crippen LogP contribution is 2.30. The monoisotopic (exact) mass is 1160 g/mol. The van der Waals surface area contributed by atoms with Crippen molar-refractivity contribution in [1.29, 1.82) is 0 Å². The van der Waals surface area contributed by atoms with E-state index in [1.807, 2.05) is 6.07 Å². The van der Waals surface area contributed by atoms with Crippen molar-refractivity contribution in [3.8, 4) is 0 Å². The minimum atomic E-state index is -4.23. The van der Waals surface area contributed by atoms with Crippen molar-refractivity contribution < 1.29 is 25.9 Å². The molecule has 0 amide bonds. The molecule has 6 nitrogen and oxygen atoms in total. The lowest BCUT2D eigenvalue weighted by Crippen LogP contribution is -2.10. The van der Waals surface area contributed by atoms with E-state index in [-0.39, 0.29) is 9.79 Å². The molecule has 0 aliphatic heterocycles. The zero-order valence-corrected chi connectivity index (χ0v) is 55.3. The Hall–Kier alpha value is -1.74. The molecule has 8 heteroatoms. The Labute approximate surface area is 499 Å². The summed E-state index contributed by atoms with van der Waals surface area (Å²) in [5, 5.41) is 0. The molecular formula is C72H132O6S2. The summed E-state index contributed by atoms with van der Waals surface area (Å²) >= 11 is 0. The second-order valence-corrected chi connectivity index (χ2v) is 27.5. The van der Waals surface area contributed by atoms with Gasteiger partial charge in [-0.1, -0.05) is 342 Å². The van der Waals surface area contributed by atoms with E-state index in [9.17, 15) is 25.9 Å². The molecule has 2 N–H and O–H groups in total. The lowest BCUT2D eigenvalue weighted by Gasteiger charge is -2.18. The lowest BCUT2D eigenvalue weighted by atomic mass is 9.90. The highest BCUT2D eigenvalue weighted by atomic mass is 32.2. The van der Waals surface area contributed by atoms with E-state index in [1.165, 1.54) is 294 Å². The van der Waals surface area contributed by atoms with Gasteiger partial charge in [-0.25, -0.2) is 0 Å². The Balaban J connectivity index is 0.000000837. The van der Waals surface area contributed by atoms with Crippen molar-refractivity contribution >= 4 is 20.2 Å². The van der Waals surface area contributed by atoms with E-state index in [4.69, 9.17) is 0 Å². The van der Waals surface area contributed by atoms with Crippen LogP contribution in [0.25, 0.3) is 0 Å². The fourth-order valence-electron chi connectivity index (χ4n) is 12.1. The summed E-state index contributed by atoms with van der Waals surface area (Å²) in [6, 6.07) is 9.17. The number of unbranched alkanes of at least 4 members (excludes halogenated alkanes) is 45. The van der Waals surface area contributed by atoms with Gasteiger partial charge in [-0.15, -0.1) is 0 Å². The zero-order chi connectivity index (χ0) is 58.5. The molecule has 0 bridgehead atoms. The molecule has 0 aromatic heterocycles. The molecule has 0 saturated carbocycles. The second-order valence-electron chi connectivity index (χ2n) is 24.7. The fraction of sp³-hybridized carbons (Fsp3) is 0.833. The number of hydrogen-bond donors (Lipinski definition) is 2. The first-order valence-corrected chi connectivity index (χ1v) is 38.0. The SMILES string of the molecule is CCCCCCCCCCCCc1ccc(S(=O)(=O)O)c(CCCCCCCCCCCC)c1CCCCCCCCCCCC.CCCCCCCCCCCCc1cccc(S(=O)(=O)O)c1CCCCCCCCCCCC. The predicted molar refractivity (Wildman–Crippen MR) is 350 cm³/mol. The van der Waals surface area contributed by atoms with Crippen LogP contribution < -0.4 is 0 Å². The van der Waals surface area contributed by atoms with Gasteiger partial charge in [-0.3, -0.25) is 9.11 Å². The summed E-state index contributed by atoms with van der Waals surface area (Å²) in [7, 11) is -8.40. The van der Waals surface area contributed by atoms with Gasteiger partial charge in [0.15, 0.2) is 0 Å². The summed E-state index contributed by atoms with van der Waals surface area (Å²) in [6.45, 7) is 11.3. The third-order valence-electron chi connectivity index (χ3n) is 17.2. The van der Waals surface area contributed by atoms with E-state index in [1.54, 1.807) is 18.2 Å². The van der Waals surface area contributed by atoms with Crippen molar-refractivity contribution in [2.45, 2.75) is 398 Å². The van der Waals surface area contributed by atoms with Crippen LogP contribution in [0, 0.1) is 0 Å². The topological polar surface area (TPSA) is 109 Å². The standard InChI is InChI=1S/C42H78O3S.C30H54O3S/c1-4-7-10-13-16-19-22-25-28-31-34-39-37-38-42(46(43,44)45)41(36-33-30-27-24-21-18-15-12-9-6-3)40(39)35-32-29-26-23-20-17-14-11-8-5-2;1-3-5-7-9-11-13-15-17-19-21-24-28-25-23-27-30(34(31,32)33)29(28)26-22-20-18-16-14-12-10-8-6-4-2/h37-38H,4-36H2,1-3H3,(H,43,44,45);23,25,27H,3-22,24,26H2,1-2H3,(H,31,32,33). The molecule has 0 atom stereocenters. The molecule has 0 aliphatic rings. The van der Waals surface area contributed by atoms with Crippen LogP contribution in [0.3, 0.4) is 0 Å². The Bertz CT molecular complexity index is 1910. The van der Waals surface area contributed by atoms with Crippen LogP contribution >= 0.6 is 0 Å². The van der Waals surface area contributed by atoms with Crippen molar-refractivity contribution in [3.63, 3.8) is 0 Å². The van der Waals surface area contributed by atoms with Gasteiger partial charge in [0, 0.05) is 0 Å². The van der Waals surface area contributed by atoms with Crippen LogP contribution in [0.1, 0.15) is 383 Å². The molecule has 0 aliphatic carbocycles.